The Bertz CT molecular complexity index is 6260. The molecule has 0 bridgehead atoms. The van der Waals surface area contributed by atoms with Crippen LogP contribution >= 0.6 is 0 Å². The van der Waals surface area contributed by atoms with Crippen LogP contribution < -0.4 is 42.6 Å². The zero-order valence-electron chi connectivity index (χ0n) is 83.6. The number of hydrogen-bond acceptors (Lipinski definition) is 23. The summed E-state index contributed by atoms with van der Waals surface area (Å²) in [5.74, 6) is -6.19. The predicted molar refractivity (Wildman–Crippen MR) is 544 cm³/mol. The van der Waals surface area contributed by atoms with E-state index in [1.54, 1.807) is 30.3 Å². The van der Waals surface area contributed by atoms with E-state index in [2.05, 4.69) is 89.4 Å². The number of unbranched alkanes of at least 4 members (excludes halogenated alkanes) is 10. The zero-order chi connectivity index (χ0) is 105. The molecule has 10 heterocycles. The van der Waals surface area contributed by atoms with Crippen molar-refractivity contribution >= 4 is 93.7 Å². The average Bonchev–Trinajstić information content (AvgIpc) is 1.60. The molecule has 0 radical (unpaired) electrons. The number of likely N-dealkylation sites (tertiary alicyclic amines) is 2. The number of nitrogens with two attached hydrogens (primary N) is 1. The number of carbonyl (C=O) groups is 12. The molecule has 39 heteroatoms. The molecular formula is C108H130F6N18O15. The minimum absolute atomic E-state index is 0.0469. The second-order valence-electron chi connectivity index (χ2n) is 38.9. The van der Waals surface area contributed by atoms with E-state index in [0.29, 0.717) is 116 Å². The first kappa shape index (κ1) is 109. The number of aliphatic carboxylic acids is 1. The molecular weight excluding hydrogens is 1900 g/mol. The van der Waals surface area contributed by atoms with Crippen LogP contribution in [0.25, 0.3) is 22.3 Å². The number of pyridine rings is 2. The summed E-state index contributed by atoms with van der Waals surface area (Å²) in [5, 5.41) is 17.2. The van der Waals surface area contributed by atoms with Crippen LogP contribution in [-0.2, 0) is 67.1 Å². The van der Waals surface area contributed by atoms with Crippen molar-refractivity contribution < 1.29 is 89.0 Å². The molecule has 6 fully saturated rings. The third-order valence-electron chi connectivity index (χ3n) is 28.7. The maximum atomic E-state index is 13.9. The molecule has 147 heavy (non-hydrogen) atoms. The number of nitrogens with zero attached hydrogens (tertiary/aromatic N) is 12. The maximum absolute atomic E-state index is 13.9. The van der Waals surface area contributed by atoms with Gasteiger partial charge in [0.1, 0.15) is 12.1 Å². The minimum atomic E-state index is -4.90. The van der Waals surface area contributed by atoms with Crippen LogP contribution in [0.3, 0.4) is 0 Å². The number of anilines is 4. The van der Waals surface area contributed by atoms with Gasteiger partial charge in [0, 0.05) is 208 Å². The first-order valence-electron chi connectivity index (χ1n) is 50.7. The average molecular weight is 2030 g/mol. The van der Waals surface area contributed by atoms with Crippen molar-refractivity contribution in [2.24, 2.45) is 5.73 Å². The molecule has 2 unspecified atom stereocenters. The number of likely N-dealkylation sites (N-methyl/N-ethyl adjacent to an activating group) is 4. The van der Waals surface area contributed by atoms with Crippen LogP contribution in [0.5, 0.6) is 0 Å². The van der Waals surface area contributed by atoms with Crippen LogP contribution in [0.4, 0.5) is 49.1 Å². The number of imide groups is 4. The summed E-state index contributed by atoms with van der Waals surface area (Å²) in [6.45, 7) is 17.7. The molecule has 6 aromatic carbocycles. The molecule has 8 aliphatic heterocycles. The van der Waals surface area contributed by atoms with E-state index in [1.165, 1.54) is 14.1 Å². The maximum Gasteiger partial charge on any atom is 0.417 e. The van der Waals surface area contributed by atoms with Gasteiger partial charge < -0.3 is 56.4 Å². The van der Waals surface area contributed by atoms with Crippen LogP contribution in [0.15, 0.2) is 155 Å². The number of rotatable bonds is 37. The van der Waals surface area contributed by atoms with Gasteiger partial charge in [-0.15, -0.1) is 0 Å². The topological polar surface area (TPSA) is 392 Å². The van der Waals surface area contributed by atoms with E-state index < -0.39 is 111 Å². The van der Waals surface area contributed by atoms with Crippen molar-refractivity contribution in [1.29, 1.82) is 0 Å². The van der Waals surface area contributed by atoms with Gasteiger partial charge in [0.2, 0.25) is 28.8 Å². The number of carbonyl (C=O) groups excluding carboxylic acids is 11. The van der Waals surface area contributed by atoms with E-state index in [-0.39, 0.29) is 49.8 Å². The second-order valence-corrected chi connectivity index (χ2v) is 38.9. The lowest BCUT2D eigenvalue weighted by Gasteiger charge is -2.35. The largest absolute Gasteiger partial charge is 0.481 e. The highest BCUT2D eigenvalue weighted by Crippen LogP contribution is 2.41. The molecule has 16 rings (SSSR count). The Morgan fingerprint density at radius 2 is 0.789 bits per heavy atom. The number of nitrogens with one attached hydrogen (secondary N) is 5. The molecule has 8 N–H and O–H groups in total. The number of halogens is 6. The highest BCUT2D eigenvalue weighted by Gasteiger charge is 2.50. The lowest BCUT2D eigenvalue weighted by Crippen LogP contribution is -2.54. The number of piperidine rings is 2. The van der Waals surface area contributed by atoms with Crippen molar-refractivity contribution in [2.75, 3.05) is 180 Å². The Morgan fingerprint density at radius 1 is 0.415 bits per heavy atom. The number of aromatic amines is 2. The van der Waals surface area contributed by atoms with E-state index in [0.717, 1.165) is 258 Å². The molecule has 33 nitrogen and oxygen atoms in total. The molecule has 2 atom stereocenters. The standard InChI is InChI=1S/C54H64F3N9O7.C31H38F3N7O2.C23H28N2O6/c1-61-23-29-65(30-24-61)44-18-17-39(32-43(44)60-50(70)41-34-59-47(68)33-42(41)54(55,56)57)38-14-9-11-36(31-38)35-64-27-25-63(26-28-64)22-21-58-46(67)16-8-6-4-3-5-7-12-37-13-10-15-40-49(37)53(73)66(51(40)71)45-19-20-48(69)62(2)52(45)72;1-38-9-15-41(16-10-38)28-6-5-24(18-27(28)37-30(43)25-20-36-29(42)19-26(25)31(32,33)34)23-4-2-3-22(17-23)21-40-13-11-39(8-7-35)12-14-40;1-24-18(26)14-13-17(22(24)30)25-21(29)16-11-8-10-15(20(16)23(25)31)9-6-4-2-3-5-7-12-19(27)28/h9-11,13-15,17-18,31-34,45H,3-8,12,16,19-30,35H2,1-2H3,(H,58,67)(H,59,68)(H,60,70);2-6,17-20H,7-16,21,35H2,1H3,(H,36,42)(H,37,43);8,10-11,17H,2-7,9,12-14H2,1H3,(H,27,28). The highest BCUT2D eigenvalue weighted by molar-refractivity contribution is 6.25. The lowest BCUT2D eigenvalue weighted by atomic mass is 9.97. The van der Waals surface area contributed by atoms with E-state index in [4.69, 9.17) is 10.8 Å². The van der Waals surface area contributed by atoms with E-state index in [9.17, 15) is 93.5 Å². The summed E-state index contributed by atoms with van der Waals surface area (Å²) in [6, 6.07) is 37.0. The fourth-order valence-corrected chi connectivity index (χ4v) is 20.2. The molecule has 0 saturated carbocycles. The fraction of sp³-hybridized carbons (Fsp3) is 0.463. The summed E-state index contributed by atoms with van der Waals surface area (Å²) in [4.78, 5) is 202. The van der Waals surface area contributed by atoms with Gasteiger partial charge in [-0.2, -0.15) is 26.3 Å². The zero-order valence-corrected chi connectivity index (χ0v) is 83.6. The summed E-state index contributed by atoms with van der Waals surface area (Å²) >= 11 is 0. The number of carboxylic acids is 1. The number of piperazine rings is 4. The molecule has 0 spiro atoms. The van der Waals surface area contributed by atoms with Crippen molar-refractivity contribution in [3.8, 4) is 22.3 Å². The van der Waals surface area contributed by atoms with Crippen LogP contribution in [0.1, 0.15) is 211 Å². The smallest absolute Gasteiger partial charge is 0.417 e. The first-order chi connectivity index (χ1) is 70.5. The van der Waals surface area contributed by atoms with Crippen molar-refractivity contribution in [3.63, 3.8) is 0 Å². The normalized spacial score (nSPS) is 18.0. The van der Waals surface area contributed by atoms with Gasteiger partial charge in [0.05, 0.1) is 67.3 Å². The number of aryl methyl sites for hydroxylation is 2. The summed E-state index contributed by atoms with van der Waals surface area (Å²) < 4.78 is 82.9. The van der Waals surface area contributed by atoms with Gasteiger partial charge in [0.15, 0.2) is 0 Å². The monoisotopic (exact) mass is 2030 g/mol. The summed E-state index contributed by atoms with van der Waals surface area (Å²) in [6.07, 6.45) is 5.17. The van der Waals surface area contributed by atoms with Gasteiger partial charge >= 0.3 is 18.3 Å². The van der Waals surface area contributed by atoms with Crippen molar-refractivity contribution in [3.05, 3.63) is 233 Å². The molecule has 8 aliphatic rings. The van der Waals surface area contributed by atoms with Gasteiger partial charge in [-0.25, -0.2) is 0 Å². The third kappa shape index (κ3) is 28.1. The Hall–Kier alpha value is -13.4. The lowest BCUT2D eigenvalue weighted by molar-refractivity contribution is -0.151. The number of H-pyrrole nitrogens is 2. The molecule has 2 aromatic heterocycles. The summed E-state index contributed by atoms with van der Waals surface area (Å²) in [5.41, 5.74) is 10.8. The fourth-order valence-electron chi connectivity index (χ4n) is 20.2. The van der Waals surface area contributed by atoms with E-state index >= 15 is 0 Å². The van der Waals surface area contributed by atoms with E-state index in [1.807, 2.05) is 80.8 Å². The molecule has 784 valence electrons. The van der Waals surface area contributed by atoms with Crippen LogP contribution in [0.2, 0.25) is 0 Å². The predicted octanol–water partition coefficient (Wildman–Crippen LogP) is 11.9. The van der Waals surface area contributed by atoms with Crippen LogP contribution in [0, 0.1) is 0 Å². The molecule has 0 aliphatic carbocycles. The number of aromatic nitrogens is 2. The van der Waals surface area contributed by atoms with Gasteiger partial charge in [-0.3, -0.25) is 106 Å². The Balaban J connectivity index is 0.000000194. The first-order valence-corrected chi connectivity index (χ1v) is 50.7. The quantitative estimate of drug-likeness (QED) is 0.0108. The van der Waals surface area contributed by atoms with Crippen molar-refractivity contribution in [1.82, 2.24) is 64.3 Å². The number of alkyl halides is 6. The molecule has 11 amide bonds. The van der Waals surface area contributed by atoms with Crippen molar-refractivity contribution in [2.45, 2.75) is 166 Å². The molecule has 6 saturated heterocycles. The van der Waals surface area contributed by atoms with Crippen LogP contribution in [-0.4, -0.2) is 306 Å². The van der Waals surface area contributed by atoms with Gasteiger partial charge in [0.25, 0.3) is 47.3 Å². The minimum Gasteiger partial charge on any atom is -0.481 e. The number of hydrogen-bond donors (Lipinski definition) is 7. The van der Waals surface area contributed by atoms with Gasteiger partial charge in [-0.1, -0.05) is 124 Å². The highest BCUT2D eigenvalue weighted by atomic mass is 19.4. The Kier molecular flexibility index (Phi) is 37.4. The summed E-state index contributed by atoms with van der Waals surface area (Å²) in [7, 11) is 6.81. The third-order valence-corrected chi connectivity index (χ3v) is 28.7. The number of amides is 11. The Labute approximate surface area is 849 Å². The SMILES string of the molecule is CN1C(=O)CCC(N2C(=O)c3cccc(CCCCCCCCC(=O)O)c3C2=O)C1=O.CN1CCN(c2ccc(-c3cccc(CN4CCN(CCN)CC4)c3)cc2NC(=O)c2c[nH]c(=O)cc2C(F)(F)F)CC1.CN1CCN(c2ccc(-c3cccc(CN4CCN(CCNC(=O)CCCCCCCCc5cccc6c5C(=O)N(C5CCC(=O)N(C)C5=O)C6=O)CC4)c3)cc2NC(=O)c2c[nH]c(=O)cc2C(F)(F)F)CC1. The van der Waals surface area contributed by atoms with Gasteiger partial charge in [-0.05, 0) is 159 Å². The number of carboxylic acid groups (broad SMARTS) is 1. The molecule has 8 aromatic rings. The Morgan fingerprint density at radius 3 is 1.19 bits per heavy atom. The number of benzene rings is 6. The number of fused-ring (bicyclic) bond motifs is 2. The second kappa shape index (κ2) is 50.3.